The number of nitrogens with two attached hydrogens (primary N) is 1. The molecule has 0 fully saturated rings. The predicted octanol–water partition coefficient (Wildman–Crippen LogP) is 1.26. The van der Waals surface area contributed by atoms with Gasteiger partial charge in [0.2, 0.25) is 5.91 Å². The summed E-state index contributed by atoms with van der Waals surface area (Å²) in [6.45, 7) is 1.90. The molecule has 1 heterocycles. The van der Waals surface area contributed by atoms with E-state index in [0.717, 1.165) is 11.3 Å². The van der Waals surface area contributed by atoms with Crippen LogP contribution >= 0.6 is 24.8 Å². The monoisotopic (exact) mass is 222 g/mol. The zero-order chi connectivity index (χ0) is 8.27. The van der Waals surface area contributed by atoms with Crippen LogP contribution in [0.2, 0.25) is 0 Å². The highest BCUT2D eigenvalue weighted by Gasteiger charge is 1.96. The van der Waals surface area contributed by atoms with Crippen molar-refractivity contribution in [2.45, 2.75) is 13.3 Å². The van der Waals surface area contributed by atoms with Crippen LogP contribution in [0.4, 0.5) is 0 Å². The number of nitrogens with zero attached hydrogens (tertiary/aromatic N) is 1. The molecule has 5 heteroatoms. The lowest BCUT2D eigenvalue weighted by atomic mass is 10.2. The Morgan fingerprint density at radius 1 is 1.46 bits per heavy atom. The molecule has 0 aliphatic rings. The number of hydrogen-bond acceptors (Lipinski definition) is 2. The summed E-state index contributed by atoms with van der Waals surface area (Å²) in [7, 11) is 0. The van der Waals surface area contributed by atoms with E-state index in [1.807, 2.05) is 19.1 Å². The predicted molar refractivity (Wildman–Crippen MR) is 56.4 cm³/mol. The lowest BCUT2D eigenvalue weighted by Gasteiger charge is -1.96. The van der Waals surface area contributed by atoms with Crippen molar-refractivity contribution in [3.63, 3.8) is 0 Å². The summed E-state index contributed by atoms with van der Waals surface area (Å²) in [5.74, 6) is -0.323. The number of amides is 1. The Morgan fingerprint density at radius 3 is 2.46 bits per heavy atom. The third-order valence-electron chi connectivity index (χ3n) is 1.35. The first kappa shape index (κ1) is 14.7. The number of rotatable bonds is 2. The van der Waals surface area contributed by atoms with Crippen molar-refractivity contribution in [3.05, 3.63) is 29.6 Å². The molecule has 0 saturated carbocycles. The van der Waals surface area contributed by atoms with E-state index in [4.69, 9.17) is 5.73 Å². The molecule has 2 N–H and O–H groups in total. The summed E-state index contributed by atoms with van der Waals surface area (Å²) in [6, 6.07) is 3.71. The Balaban J connectivity index is 0. The van der Waals surface area contributed by atoms with Crippen molar-refractivity contribution in [1.29, 1.82) is 0 Å². The molecule has 0 bridgehead atoms. The number of pyridine rings is 1. The molecule has 0 radical (unpaired) electrons. The fraction of sp³-hybridized carbons (Fsp3) is 0.250. The van der Waals surface area contributed by atoms with Gasteiger partial charge < -0.3 is 5.73 Å². The van der Waals surface area contributed by atoms with Crippen LogP contribution in [0.3, 0.4) is 0 Å². The standard InChI is InChI=1S/C8H10N2O.2ClH/c1-6-2-3-7(5-10-6)4-8(9)11;;/h2-3,5H,4H2,1H3,(H2,9,11);2*1H. The zero-order valence-corrected chi connectivity index (χ0v) is 8.82. The third-order valence-corrected chi connectivity index (χ3v) is 1.35. The molecule has 0 atom stereocenters. The Morgan fingerprint density at radius 2 is 2.08 bits per heavy atom. The Bertz CT molecular complexity index is 261. The van der Waals surface area contributed by atoms with Crippen LogP contribution in [-0.4, -0.2) is 10.9 Å². The second kappa shape index (κ2) is 6.69. The summed E-state index contributed by atoms with van der Waals surface area (Å²) >= 11 is 0. The third kappa shape index (κ3) is 5.44. The molecule has 0 unspecified atom stereocenters. The van der Waals surface area contributed by atoms with Gasteiger partial charge >= 0.3 is 0 Å². The number of halogens is 2. The fourth-order valence-electron chi connectivity index (χ4n) is 0.804. The molecule has 0 aliphatic heterocycles. The zero-order valence-electron chi connectivity index (χ0n) is 7.19. The largest absolute Gasteiger partial charge is 0.369 e. The molecule has 0 aromatic carbocycles. The summed E-state index contributed by atoms with van der Waals surface area (Å²) in [6.07, 6.45) is 1.94. The molecule has 13 heavy (non-hydrogen) atoms. The molecule has 74 valence electrons. The van der Waals surface area contributed by atoms with Gasteiger partial charge in [-0.2, -0.15) is 0 Å². The van der Waals surface area contributed by atoms with Crippen molar-refractivity contribution in [1.82, 2.24) is 4.98 Å². The van der Waals surface area contributed by atoms with Crippen LogP contribution in [0.5, 0.6) is 0 Å². The Labute approximate surface area is 89.6 Å². The molecule has 1 aromatic heterocycles. The molecular formula is C8H12Cl2N2O. The van der Waals surface area contributed by atoms with Gasteiger partial charge in [-0.05, 0) is 18.6 Å². The first-order chi connectivity index (χ1) is 5.18. The maximum absolute atomic E-state index is 10.4. The maximum Gasteiger partial charge on any atom is 0.221 e. The lowest BCUT2D eigenvalue weighted by Crippen LogP contribution is -2.13. The molecular weight excluding hydrogens is 211 g/mol. The molecule has 1 aromatic rings. The van der Waals surface area contributed by atoms with Crippen LogP contribution < -0.4 is 5.73 Å². The van der Waals surface area contributed by atoms with E-state index in [9.17, 15) is 4.79 Å². The van der Waals surface area contributed by atoms with E-state index in [-0.39, 0.29) is 37.1 Å². The van der Waals surface area contributed by atoms with Gasteiger partial charge in [0.15, 0.2) is 0 Å². The molecule has 3 nitrogen and oxygen atoms in total. The number of hydrogen-bond donors (Lipinski definition) is 1. The van der Waals surface area contributed by atoms with Crippen LogP contribution in [0.25, 0.3) is 0 Å². The van der Waals surface area contributed by atoms with Crippen molar-refractivity contribution in [2.75, 3.05) is 0 Å². The quantitative estimate of drug-likeness (QED) is 0.820. The molecule has 0 spiro atoms. The smallest absolute Gasteiger partial charge is 0.221 e. The fourth-order valence-corrected chi connectivity index (χ4v) is 0.804. The number of aryl methyl sites for hydroxylation is 1. The molecule has 0 saturated heterocycles. The van der Waals surface area contributed by atoms with Crippen LogP contribution in [-0.2, 0) is 11.2 Å². The van der Waals surface area contributed by atoms with E-state index in [2.05, 4.69) is 4.98 Å². The van der Waals surface area contributed by atoms with Crippen LogP contribution in [0.1, 0.15) is 11.3 Å². The van der Waals surface area contributed by atoms with E-state index < -0.39 is 0 Å². The number of primary amides is 1. The summed E-state index contributed by atoms with van der Waals surface area (Å²) in [4.78, 5) is 14.5. The van der Waals surface area contributed by atoms with Crippen molar-refractivity contribution in [3.8, 4) is 0 Å². The van der Waals surface area contributed by atoms with E-state index in [1.165, 1.54) is 0 Å². The van der Waals surface area contributed by atoms with Gasteiger partial charge in [0.05, 0.1) is 6.42 Å². The summed E-state index contributed by atoms with van der Waals surface area (Å²) in [5, 5.41) is 0. The summed E-state index contributed by atoms with van der Waals surface area (Å²) in [5.41, 5.74) is 6.80. The van der Waals surface area contributed by atoms with Gasteiger partial charge in [0, 0.05) is 11.9 Å². The van der Waals surface area contributed by atoms with Gasteiger partial charge in [-0.1, -0.05) is 6.07 Å². The van der Waals surface area contributed by atoms with E-state index in [0.29, 0.717) is 0 Å². The van der Waals surface area contributed by atoms with Crippen LogP contribution in [0.15, 0.2) is 18.3 Å². The average Bonchev–Trinajstić information content (AvgIpc) is 1.93. The second-order valence-corrected chi connectivity index (χ2v) is 2.45. The number of carbonyl (C=O) groups excluding carboxylic acids is 1. The highest BCUT2D eigenvalue weighted by atomic mass is 35.5. The second-order valence-electron chi connectivity index (χ2n) is 2.45. The maximum atomic E-state index is 10.4. The van der Waals surface area contributed by atoms with Gasteiger partial charge in [-0.15, -0.1) is 24.8 Å². The normalized spacial score (nSPS) is 8.08. The minimum Gasteiger partial charge on any atom is -0.369 e. The van der Waals surface area contributed by atoms with Crippen molar-refractivity contribution < 1.29 is 4.79 Å². The Kier molecular flexibility index (Phi) is 7.57. The van der Waals surface area contributed by atoms with Gasteiger partial charge in [0.25, 0.3) is 0 Å². The minimum atomic E-state index is -0.323. The number of aromatic nitrogens is 1. The van der Waals surface area contributed by atoms with E-state index in [1.54, 1.807) is 6.20 Å². The molecule has 0 aliphatic carbocycles. The van der Waals surface area contributed by atoms with Gasteiger partial charge in [-0.25, -0.2) is 0 Å². The van der Waals surface area contributed by atoms with Gasteiger partial charge in [-0.3, -0.25) is 9.78 Å². The first-order valence-electron chi connectivity index (χ1n) is 3.38. The Hall–Kier alpha value is -0.800. The number of carbonyl (C=O) groups is 1. The van der Waals surface area contributed by atoms with Crippen LogP contribution in [0, 0.1) is 6.92 Å². The van der Waals surface area contributed by atoms with E-state index >= 15 is 0 Å². The van der Waals surface area contributed by atoms with Crippen molar-refractivity contribution >= 4 is 30.7 Å². The van der Waals surface area contributed by atoms with Gasteiger partial charge in [0.1, 0.15) is 0 Å². The minimum absolute atomic E-state index is 0. The highest BCUT2D eigenvalue weighted by molar-refractivity contribution is 5.85. The lowest BCUT2D eigenvalue weighted by molar-refractivity contribution is -0.117. The topological polar surface area (TPSA) is 56.0 Å². The molecule has 1 amide bonds. The average molecular weight is 223 g/mol. The highest BCUT2D eigenvalue weighted by Crippen LogP contribution is 1.98. The molecule has 1 rings (SSSR count). The summed E-state index contributed by atoms with van der Waals surface area (Å²) < 4.78 is 0. The van der Waals surface area contributed by atoms with Crippen molar-refractivity contribution in [2.24, 2.45) is 5.73 Å². The SMILES string of the molecule is Cc1ccc(CC(N)=O)cn1.Cl.Cl. The first-order valence-corrected chi connectivity index (χ1v) is 3.38.